The number of carboxylic acids is 1. The van der Waals surface area contributed by atoms with E-state index in [9.17, 15) is 14.4 Å². The van der Waals surface area contributed by atoms with E-state index in [2.05, 4.69) is 5.32 Å². The summed E-state index contributed by atoms with van der Waals surface area (Å²) in [7, 11) is 2.75. The number of carboxylic acid groups (broad SMARTS) is 1. The van der Waals surface area contributed by atoms with E-state index in [1.54, 1.807) is 0 Å². The molecule has 8 heteroatoms. The molecule has 0 heterocycles. The van der Waals surface area contributed by atoms with Crippen LogP contribution in [0.5, 0.6) is 11.5 Å². The Hall–Kier alpha value is -2.77. The Morgan fingerprint density at radius 3 is 2.50 bits per heavy atom. The monoisotopic (exact) mass is 282 g/mol. The van der Waals surface area contributed by atoms with E-state index >= 15 is 0 Å². The molecule has 0 saturated carbocycles. The van der Waals surface area contributed by atoms with E-state index in [4.69, 9.17) is 14.6 Å². The largest absolute Gasteiger partial charge is 0.493 e. The molecule has 8 nitrogen and oxygen atoms in total. The van der Waals surface area contributed by atoms with Crippen molar-refractivity contribution in [3.05, 3.63) is 23.8 Å². The highest BCUT2D eigenvalue weighted by molar-refractivity contribution is 5.95. The number of aromatic carboxylic acids is 1. The summed E-state index contributed by atoms with van der Waals surface area (Å²) in [5, 5.41) is 13.1. The molecule has 0 aliphatic heterocycles. The molecular formula is C12H14N2O6. The van der Waals surface area contributed by atoms with Gasteiger partial charge in [-0.15, -0.1) is 0 Å². The minimum atomic E-state index is -1.13. The second-order valence-corrected chi connectivity index (χ2v) is 3.59. The zero-order valence-corrected chi connectivity index (χ0v) is 10.9. The van der Waals surface area contributed by atoms with Gasteiger partial charge in [-0.25, -0.2) is 9.59 Å². The first kappa shape index (κ1) is 15.3. The predicted octanol–water partition coefficient (Wildman–Crippen LogP) is 0.228. The Bertz CT molecular complexity index is 529. The summed E-state index contributed by atoms with van der Waals surface area (Å²) in [5.74, 6) is -1.43. The Morgan fingerprint density at radius 2 is 1.95 bits per heavy atom. The topological polar surface area (TPSA) is 114 Å². The summed E-state index contributed by atoms with van der Waals surface area (Å²) in [6, 6.07) is 3.33. The summed E-state index contributed by atoms with van der Waals surface area (Å²) in [4.78, 5) is 33.1. The van der Waals surface area contributed by atoms with Gasteiger partial charge in [0.15, 0.2) is 18.1 Å². The van der Waals surface area contributed by atoms with Crippen molar-refractivity contribution in [3.8, 4) is 11.5 Å². The number of benzene rings is 1. The van der Waals surface area contributed by atoms with Gasteiger partial charge in [-0.2, -0.15) is 0 Å². The highest BCUT2D eigenvalue weighted by Crippen LogP contribution is 2.27. The van der Waals surface area contributed by atoms with Crippen molar-refractivity contribution in [1.82, 2.24) is 10.6 Å². The summed E-state index contributed by atoms with van der Waals surface area (Å²) in [6.45, 7) is -0.452. The average molecular weight is 282 g/mol. The first-order chi connectivity index (χ1) is 9.47. The molecule has 0 atom stereocenters. The molecular weight excluding hydrogens is 268 g/mol. The lowest BCUT2D eigenvalue weighted by Crippen LogP contribution is -2.39. The van der Waals surface area contributed by atoms with Crippen LogP contribution in [0, 0.1) is 0 Å². The number of imide groups is 1. The number of methoxy groups -OCH3 is 1. The highest BCUT2D eigenvalue weighted by Gasteiger charge is 2.12. The Labute approximate surface area is 114 Å². The van der Waals surface area contributed by atoms with Crippen LogP contribution in [-0.2, 0) is 4.79 Å². The standard InChI is InChI=1S/C12H14N2O6/c1-13-12(18)14-10(15)6-20-9-5-7(11(16)17)3-4-8(9)19-2/h3-5H,6H2,1-2H3,(H,16,17)(H2,13,14,15,18). The third kappa shape index (κ3) is 4.16. The summed E-state index contributed by atoms with van der Waals surface area (Å²) >= 11 is 0. The van der Waals surface area contributed by atoms with E-state index in [1.807, 2.05) is 5.32 Å². The third-order valence-corrected chi connectivity index (χ3v) is 2.25. The van der Waals surface area contributed by atoms with Gasteiger partial charge >= 0.3 is 12.0 Å². The molecule has 0 aliphatic rings. The quantitative estimate of drug-likeness (QED) is 0.712. The fourth-order valence-electron chi connectivity index (χ4n) is 1.29. The van der Waals surface area contributed by atoms with Crippen LogP contribution in [0.1, 0.15) is 10.4 Å². The average Bonchev–Trinajstić information content (AvgIpc) is 2.44. The molecule has 3 amide bonds. The summed E-state index contributed by atoms with van der Waals surface area (Å²) in [6.07, 6.45) is 0. The third-order valence-electron chi connectivity index (χ3n) is 2.25. The molecule has 20 heavy (non-hydrogen) atoms. The summed E-state index contributed by atoms with van der Waals surface area (Å²) in [5.41, 5.74) is -0.00694. The molecule has 3 N–H and O–H groups in total. The number of amides is 3. The van der Waals surface area contributed by atoms with E-state index in [1.165, 1.54) is 32.4 Å². The molecule has 0 radical (unpaired) electrons. The second kappa shape index (κ2) is 6.98. The van der Waals surface area contributed by atoms with E-state index in [-0.39, 0.29) is 17.1 Å². The number of hydrogen-bond acceptors (Lipinski definition) is 5. The van der Waals surface area contributed by atoms with E-state index < -0.39 is 24.5 Å². The Kier molecular flexibility index (Phi) is 5.33. The molecule has 0 aromatic heterocycles. The second-order valence-electron chi connectivity index (χ2n) is 3.59. The van der Waals surface area contributed by atoms with Crippen LogP contribution in [0.15, 0.2) is 18.2 Å². The number of hydrogen-bond donors (Lipinski definition) is 3. The number of ether oxygens (including phenoxy) is 2. The number of urea groups is 1. The molecule has 0 unspecified atom stereocenters. The molecule has 0 bridgehead atoms. The van der Waals surface area contributed by atoms with Crippen LogP contribution in [0.3, 0.4) is 0 Å². The van der Waals surface area contributed by atoms with Crippen LogP contribution in [0.25, 0.3) is 0 Å². The SMILES string of the molecule is CNC(=O)NC(=O)COc1cc(C(=O)O)ccc1OC. The van der Waals surface area contributed by atoms with Crippen molar-refractivity contribution in [1.29, 1.82) is 0 Å². The van der Waals surface area contributed by atoms with Crippen LogP contribution in [-0.4, -0.2) is 43.8 Å². The lowest BCUT2D eigenvalue weighted by molar-refractivity contribution is -0.122. The van der Waals surface area contributed by atoms with Gasteiger partial charge in [0, 0.05) is 7.05 Å². The number of carbonyl (C=O) groups excluding carboxylic acids is 2. The van der Waals surface area contributed by atoms with E-state index in [0.717, 1.165) is 0 Å². The lowest BCUT2D eigenvalue weighted by Gasteiger charge is -2.11. The fourth-order valence-corrected chi connectivity index (χ4v) is 1.29. The predicted molar refractivity (Wildman–Crippen MR) is 68.0 cm³/mol. The van der Waals surface area contributed by atoms with Gasteiger partial charge in [0.05, 0.1) is 12.7 Å². The van der Waals surface area contributed by atoms with E-state index in [0.29, 0.717) is 0 Å². The Morgan fingerprint density at radius 1 is 1.25 bits per heavy atom. The molecule has 1 aromatic carbocycles. The minimum absolute atomic E-state index is 0.00694. The van der Waals surface area contributed by atoms with Crippen molar-refractivity contribution in [2.75, 3.05) is 20.8 Å². The van der Waals surface area contributed by atoms with Gasteiger partial charge in [0.25, 0.3) is 5.91 Å². The van der Waals surface area contributed by atoms with Crippen molar-refractivity contribution in [2.45, 2.75) is 0 Å². The molecule has 1 rings (SSSR count). The minimum Gasteiger partial charge on any atom is -0.493 e. The van der Waals surface area contributed by atoms with Crippen molar-refractivity contribution >= 4 is 17.9 Å². The molecule has 0 spiro atoms. The van der Waals surface area contributed by atoms with Crippen molar-refractivity contribution in [2.24, 2.45) is 0 Å². The first-order valence-electron chi connectivity index (χ1n) is 5.53. The zero-order chi connectivity index (χ0) is 15.1. The van der Waals surface area contributed by atoms with Gasteiger partial charge < -0.3 is 19.9 Å². The lowest BCUT2D eigenvalue weighted by atomic mass is 10.2. The van der Waals surface area contributed by atoms with Crippen LogP contribution >= 0.6 is 0 Å². The van der Waals surface area contributed by atoms with Gasteiger partial charge in [-0.3, -0.25) is 10.1 Å². The molecule has 108 valence electrons. The maximum Gasteiger partial charge on any atom is 0.335 e. The normalized spacial score (nSPS) is 9.50. The van der Waals surface area contributed by atoms with Gasteiger partial charge in [0.1, 0.15) is 0 Å². The molecule has 0 saturated heterocycles. The number of carbonyl (C=O) groups is 3. The molecule has 0 fully saturated rings. The van der Waals surface area contributed by atoms with Crippen LogP contribution in [0.2, 0.25) is 0 Å². The number of rotatable bonds is 5. The van der Waals surface area contributed by atoms with Crippen molar-refractivity contribution < 1.29 is 29.0 Å². The van der Waals surface area contributed by atoms with Crippen LogP contribution < -0.4 is 20.1 Å². The highest BCUT2D eigenvalue weighted by atomic mass is 16.5. The number of nitrogens with one attached hydrogen (secondary N) is 2. The first-order valence-corrected chi connectivity index (χ1v) is 5.53. The maximum absolute atomic E-state index is 11.4. The van der Waals surface area contributed by atoms with Gasteiger partial charge in [-0.1, -0.05) is 0 Å². The van der Waals surface area contributed by atoms with Gasteiger partial charge in [0.2, 0.25) is 0 Å². The smallest absolute Gasteiger partial charge is 0.335 e. The Balaban J connectivity index is 2.75. The molecule has 1 aromatic rings. The maximum atomic E-state index is 11.4. The summed E-state index contributed by atoms with van der Waals surface area (Å²) < 4.78 is 10.1. The van der Waals surface area contributed by atoms with Crippen molar-refractivity contribution in [3.63, 3.8) is 0 Å². The zero-order valence-electron chi connectivity index (χ0n) is 10.9. The van der Waals surface area contributed by atoms with Gasteiger partial charge in [-0.05, 0) is 18.2 Å². The molecule has 0 aliphatic carbocycles. The van der Waals surface area contributed by atoms with Crippen LogP contribution in [0.4, 0.5) is 4.79 Å². The fraction of sp³-hybridized carbons (Fsp3) is 0.250.